The fourth-order valence-corrected chi connectivity index (χ4v) is 2.31. The number of aromatic nitrogens is 2. The normalized spacial score (nSPS) is 15.1. The van der Waals surface area contributed by atoms with Gasteiger partial charge in [0.15, 0.2) is 0 Å². The maximum atomic E-state index is 10.3. The molecule has 0 radical (unpaired) electrons. The Morgan fingerprint density at radius 1 is 1.26 bits per heavy atom. The highest BCUT2D eigenvalue weighted by molar-refractivity contribution is 5.77. The molecule has 2 aromatic rings. The first-order valence-corrected chi connectivity index (χ1v) is 6.79. The Kier molecular flexibility index (Phi) is 3.92. The molecule has 2 unspecified atom stereocenters. The summed E-state index contributed by atoms with van der Waals surface area (Å²) in [6, 6.07) is 3.80. The first kappa shape index (κ1) is 14.0. The van der Waals surface area contributed by atoms with Gasteiger partial charge in [-0.3, -0.25) is 0 Å². The Hall–Kier alpha value is -1.39. The Labute approximate surface area is 114 Å². The minimum Gasteiger partial charge on any atom is -0.384 e. The average molecular weight is 261 g/mol. The molecule has 0 bridgehead atoms. The number of aryl methyl sites for hydroxylation is 2. The lowest BCUT2D eigenvalue weighted by molar-refractivity contribution is 0.128. The van der Waals surface area contributed by atoms with Crippen molar-refractivity contribution in [2.75, 3.05) is 0 Å². The summed E-state index contributed by atoms with van der Waals surface area (Å²) in [4.78, 5) is 7.63. The van der Waals surface area contributed by atoms with Crippen LogP contribution < -0.4 is 5.73 Å². The number of hydrogen-bond acceptors (Lipinski definition) is 3. The van der Waals surface area contributed by atoms with Gasteiger partial charge in [0, 0.05) is 6.04 Å². The number of hydrogen-bond donors (Lipinski definition) is 3. The Morgan fingerprint density at radius 3 is 2.53 bits per heavy atom. The predicted octanol–water partition coefficient (Wildman–Crippen LogP) is 2.59. The van der Waals surface area contributed by atoms with E-state index in [0.717, 1.165) is 17.5 Å². The average Bonchev–Trinajstić information content (AvgIpc) is 2.70. The Balaban J connectivity index is 2.30. The van der Waals surface area contributed by atoms with Crippen molar-refractivity contribution in [3.8, 4) is 0 Å². The smallest absolute Gasteiger partial charge is 0.137 e. The van der Waals surface area contributed by atoms with E-state index in [0.29, 0.717) is 11.7 Å². The zero-order chi connectivity index (χ0) is 14.2. The monoisotopic (exact) mass is 261 g/mol. The van der Waals surface area contributed by atoms with Crippen molar-refractivity contribution in [1.82, 2.24) is 9.97 Å². The number of nitrogens with one attached hydrogen (secondary N) is 1. The van der Waals surface area contributed by atoms with E-state index >= 15 is 0 Å². The van der Waals surface area contributed by atoms with E-state index in [9.17, 15) is 5.11 Å². The molecular weight excluding hydrogens is 238 g/mol. The summed E-state index contributed by atoms with van der Waals surface area (Å²) < 4.78 is 0. The molecule has 1 heterocycles. The molecule has 0 aliphatic rings. The third-order valence-electron chi connectivity index (χ3n) is 3.54. The molecule has 0 aliphatic carbocycles. The molecule has 0 amide bonds. The van der Waals surface area contributed by atoms with Crippen LogP contribution in [0.2, 0.25) is 0 Å². The topological polar surface area (TPSA) is 74.9 Å². The lowest BCUT2D eigenvalue weighted by Gasteiger charge is -2.18. The van der Waals surface area contributed by atoms with Gasteiger partial charge in [0.25, 0.3) is 0 Å². The first-order chi connectivity index (χ1) is 8.88. The van der Waals surface area contributed by atoms with Gasteiger partial charge < -0.3 is 15.8 Å². The molecule has 4 heteroatoms. The van der Waals surface area contributed by atoms with Crippen LogP contribution in [0.1, 0.15) is 43.3 Å². The van der Waals surface area contributed by atoms with Crippen molar-refractivity contribution in [2.24, 2.45) is 11.7 Å². The van der Waals surface area contributed by atoms with Crippen LogP contribution in [0, 0.1) is 19.8 Å². The minimum absolute atomic E-state index is 0.289. The van der Waals surface area contributed by atoms with E-state index in [1.807, 2.05) is 6.07 Å². The Morgan fingerprint density at radius 2 is 1.89 bits per heavy atom. The zero-order valence-corrected chi connectivity index (χ0v) is 12.1. The van der Waals surface area contributed by atoms with E-state index < -0.39 is 6.10 Å². The molecule has 19 heavy (non-hydrogen) atoms. The SMILES string of the molecule is Cc1cc2nc(C(O)C(N)CC(C)C)[nH]c2cc1C. The minimum atomic E-state index is -0.740. The van der Waals surface area contributed by atoms with Crippen molar-refractivity contribution in [3.05, 3.63) is 29.1 Å². The van der Waals surface area contributed by atoms with Gasteiger partial charge in [-0.1, -0.05) is 13.8 Å². The van der Waals surface area contributed by atoms with E-state index in [1.165, 1.54) is 11.1 Å². The summed E-state index contributed by atoms with van der Waals surface area (Å²) in [5.41, 5.74) is 10.3. The number of H-pyrrole nitrogens is 1. The largest absolute Gasteiger partial charge is 0.384 e. The lowest BCUT2D eigenvalue weighted by atomic mass is 10.00. The fraction of sp³-hybridized carbons (Fsp3) is 0.533. The van der Waals surface area contributed by atoms with Crippen molar-refractivity contribution in [1.29, 1.82) is 0 Å². The fourth-order valence-electron chi connectivity index (χ4n) is 2.31. The first-order valence-electron chi connectivity index (χ1n) is 6.79. The van der Waals surface area contributed by atoms with Crippen molar-refractivity contribution < 1.29 is 5.11 Å². The van der Waals surface area contributed by atoms with Crippen LogP contribution >= 0.6 is 0 Å². The molecule has 104 valence electrons. The number of benzene rings is 1. The van der Waals surface area contributed by atoms with Gasteiger partial charge >= 0.3 is 0 Å². The molecule has 0 saturated heterocycles. The maximum Gasteiger partial charge on any atom is 0.137 e. The summed E-state index contributed by atoms with van der Waals surface area (Å²) >= 11 is 0. The maximum absolute atomic E-state index is 10.3. The molecule has 2 rings (SSSR count). The standard InChI is InChI=1S/C15H23N3O/c1-8(2)5-11(16)14(19)15-17-12-6-9(3)10(4)7-13(12)18-15/h6-8,11,14,19H,5,16H2,1-4H3,(H,17,18). The highest BCUT2D eigenvalue weighted by atomic mass is 16.3. The third-order valence-corrected chi connectivity index (χ3v) is 3.54. The predicted molar refractivity (Wildman–Crippen MR) is 78.0 cm³/mol. The van der Waals surface area contributed by atoms with Crippen LogP contribution in [0.4, 0.5) is 0 Å². The van der Waals surface area contributed by atoms with Crippen LogP contribution in [0.25, 0.3) is 11.0 Å². The summed E-state index contributed by atoms with van der Waals surface area (Å²) in [6.45, 7) is 8.32. The number of imidazole rings is 1. The highest BCUT2D eigenvalue weighted by Crippen LogP contribution is 2.23. The van der Waals surface area contributed by atoms with Gasteiger partial charge in [0.2, 0.25) is 0 Å². The van der Waals surface area contributed by atoms with Gasteiger partial charge in [0.05, 0.1) is 11.0 Å². The second kappa shape index (κ2) is 5.31. The van der Waals surface area contributed by atoms with Crippen LogP contribution in [0.15, 0.2) is 12.1 Å². The number of aromatic amines is 1. The van der Waals surface area contributed by atoms with Crippen LogP contribution in [0.5, 0.6) is 0 Å². The summed E-state index contributed by atoms with van der Waals surface area (Å²) in [5, 5.41) is 10.3. The lowest BCUT2D eigenvalue weighted by Crippen LogP contribution is -2.30. The van der Waals surface area contributed by atoms with Crippen molar-refractivity contribution in [2.45, 2.75) is 46.3 Å². The molecule has 0 saturated carbocycles. The van der Waals surface area contributed by atoms with Crippen LogP contribution in [-0.2, 0) is 0 Å². The quantitative estimate of drug-likeness (QED) is 0.792. The van der Waals surface area contributed by atoms with E-state index in [4.69, 9.17) is 5.73 Å². The van der Waals surface area contributed by atoms with Crippen molar-refractivity contribution >= 4 is 11.0 Å². The summed E-state index contributed by atoms with van der Waals surface area (Å²) in [7, 11) is 0. The second-order valence-electron chi connectivity index (χ2n) is 5.81. The molecule has 1 aromatic heterocycles. The third kappa shape index (κ3) is 2.96. The number of nitrogens with zero attached hydrogens (tertiary/aromatic N) is 1. The molecular formula is C15H23N3O. The molecule has 4 nitrogen and oxygen atoms in total. The van der Waals surface area contributed by atoms with E-state index in [-0.39, 0.29) is 6.04 Å². The number of fused-ring (bicyclic) bond motifs is 1. The van der Waals surface area contributed by atoms with E-state index in [1.54, 1.807) is 0 Å². The highest BCUT2D eigenvalue weighted by Gasteiger charge is 2.21. The van der Waals surface area contributed by atoms with Gasteiger partial charge in [0.1, 0.15) is 11.9 Å². The number of aliphatic hydroxyl groups is 1. The van der Waals surface area contributed by atoms with Crippen molar-refractivity contribution in [3.63, 3.8) is 0 Å². The van der Waals surface area contributed by atoms with Crippen LogP contribution in [0.3, 0.4) is 0 Å². The molecule has 0 aliphatic heterocycles. The van der Waals surface area contributed by atoms with Gasteiger partial charge in [-0.15, -0.1) is 0 Å². The zero-order valence-electron chi connectivity index (χ0n) is 12.1. The summed E-state index contributed by atoms with van der Waals surface area (Å²) in [5.74, 6) is 1.02. The number of nitrogens with two attached hydrogens (primary N) is 1. The number of rotatable bonds is 4. The van der Waals surface area contributed by atoms with E-state index in [2.05, 4.69) is 43.7 Å². The summed E-state index contributed by atoms with van der Waals surface area (Å²) in [6.07, 6.45) is 0.0337. The van der Waals surface area contributed by atoms with Gasteiger partial charge in [-0.05, 0) is 49.4 Å². The molecule has 1 aromatic carbocycles. The number of aliphatic hydroxyl groups excluding tert-OH is 1. The van der Waals surface area contributed by atoms with Crippen LogP contribution in [-0.4, -0.2) is 21.1 Å². The molecule has 4 N–H and O–H groups in total. The van der Waals surface area contributed by atoms with Gasteiger partial charge in [-0.25, -0.2) is 4.98 Å². The Bertz CT molecular complexity index is 535. The molecule has 0 spiro atoms. The van der Waals surface area contributed by atoms with Gasteiger partial charge in [-0.2, -0.15) is 0 Å². The molecule has 0 fully saturated rings. The molecule has 2 atom stereocenters. The second-order valence-corrected chi connectivity index (χ2v) is 5.81.